The number of hydrogen-bond donors (Lipinski definition) is 2. The lowest BCUT2D eigenvalue weighted by molar-refractivity contribution is 0.0696. The number of aryl methyl sites for hydroxylation is 1. The maximum absolute atomic E-state index is 10.5. The second-order valence-electron chi connectivity index (χ2n) is 4.69. The predicted molar refractivity (Wildman–Crippen MR) is 74.3 cm³/mol. The minimum Gasteiger partial charge on any atom is -0.478 e. The molecule has 0 heterocycles. The van der Waals surface area contributed by atoms with Crippen molar-refractivity contribution < 1.29 is 19.8 Å². The maximum Gasteiger partial charge on any atom is 0.335 e. The molecule has 2 bridgehead atoms. The van der Waals surface area contributed by atoms with E-state index in [0.717, 1.165) is 6.07 Å². The third kappa shape index (κ3) is 3.23. The van der Waals surface area contributed by atoms with E-state index in [0.29, 0.717) is 5.56 Å². The van der Waals surface area contributed by atoms with Crippen molar-refractivity contribution in [2.75, 3.05) is 0 Å². The third-order valence-electron chi connectivity index (χ3n) is 2.97. The van der Waals surface area contributed by atoms with Crippen LogP contribution in [0.5, 0.6) is 0 Å². The normalized spacial score (nSPS) is 10.8. The Morgan fingerprint density at radius 3 is 1.60 bits per heavy atom. The zero-order valence-electron chi connectivity index (χ0n) is 11.0. The summed E-state index contributed by atoms with van der Waals surface area (Å²) in [5, 5.41) is 17.2. The highest BCUT2D eigenvalue weighted by molar-refractivity contribution is 5.94. The Balaban J connectivity index is 0.000000173. The molecule has 2 aromatic carbocycles. The van der Waals surface area contributed by atoms with Crippen LogP contribution in [-0.4, -0.2) is 22.2 Å². The lowest BCUT2D eigenvalue weighted by atomic mass is 9.94. The van der Waals surface area contributed by atoms with E-state index in [-0.39, 0.29) is 11.1 Å². The van der Waals surface area contributed by atoms with Crippen molar-refractivity contribution in [3.8, 4) is 0 Å². The lowest BCUT2D eigenvalue weighted by Crippen LogP contribution is -2.02. The zero-order valence-corrected chi connectivity index (χ0v) is 11.0. The Bertz CT molecular complexity index is 617. The molecule has 0 spiro atoms. The predicted octanol–water partition coefficient (Wildman–Crippen LogP) is 2.98. The van der Waals surface area contributed by atoms with Crippen LogP contribution >= 0.6 is 0 Å². The smallest absolute Gasteiger partial charge is 0.335 e. The van der Waals surface area contributed by atoms with E-state index in [1.807, 2.05) is 0 Å². The molecule has 2 aliphatic carbocycles. The summed E-state index contributed by atoms with van der Waals surface area (Å²) in [6.07, 6.45) is 1.22. The van der Waals surface area contributed by atoms with Crippen LogP contribution in [-0.2, 0) is 6.42 Å². The molecule has 4 heteroatoms. The molecular formula is C16H14O4. The topological polar surface area (TPSA) is 74.6 Å². The quantitative estimate of drug-likeness (QED) is 0.750. The minimum absolute atomic E-state index is 0.00241. The Morgan fingerprint density at radius 1 is 0.900 bits per heavy atom. The summed E-state index contributed by atoms with van der Waals surface area (Å²) in [6.45, 7) is 1.65. The van der Waals surface area contributed by atoms with Gasteiger partial charge in [0.1, 0.15) is 0 Å². The molecule has 20 heavy (non-hydrogen) atoms. The molecule has 0 unspecified atom stereocenters. The number of benzene rings is 2. The van der Waals surface area contributed by atoms with Gasteiger partial charge in [0.05, 0.1) is 11.1 Å². The van der Waals surface area contributed by atoms with Crippen LogP contribution in [0, 0.1) is 6.92 Å². The first-order valence-electron chi connectivity index (χ1n) is 6.12. The average Bonchev–Trinajstić information content (AvgIpc) is 2.38. The highest BCUT2D eigenvalue weighted by Crippen LogP contribution is 2.18. The summed E-state index contributed by atoms with van der Waals surface area (Å²) in [7, 11) is 0. The molecule has 102 valence electrons. The summed E-state index contributed by atoms with van der Waals surface area (Å²) < 4.78 is 0. The second-order valence-corrected chi connectivity index (χ2v) is 4.69. The molecule has 0 saturated heterocycles. The van der Waals surface area contributed by atoms with E-state index in [2.05, 4.69) is 24.3 Å². The highest BCUT2D eigenvalue weighted by atomic mass is 16.4. The summed E-state index contributed by atoms with van der Waals surface area (Å²) in [6, 6.07) is 12.6. The second kappa shape index (κ2) is 5.57. The van der Waals surface area contributed by atoms with Crippen LogP contribution in [0.15, 0.2) is 42.5 Å². The van der Waals surface area contributed by atoms with Crippen molar-refractivity contribution in [3.05, 3.63) is 70.3 Å². The van der Waals surface area contributed by atoms with Crippen molar-refractivity contribution in [1.29, 1.82) is 0 Å². The van der Waals surface area contributed by atoms with Gasteiger partial charge in [0.15, 0.2) is 0 Å². The fourth-order valence-electron chi connectivity index (χ4n) is 1.98. The van der Waals surface area contributed by atoms with E-state index in [1.54, 1.807) is 6.92 Å². The van der Waals surface area contributed by atoms with Crippen LogP contribution in [0.25, 0.3) is 0 Å². The Morgan fingerprint density at radius 2 is 1.35 bits per heavy atom. The van der Waals surface area contributed by atoms with Gasteiger partial charge in [-0.25, -0.2) is 9.59 Å². The van der Waals surface area contributed by atoms with E-state index >= 15 is 0 Å². The van der Waals surface area contributed by atoms with Crippen molar-refractivity contribution in [1.82, 2.24) is 0 Å². The molecule has 4 nitrogen and oxygen atoms in total. The van der Waals surface area contributed by atoms with E-state index in [1.165, 1.54) is 29.7 Å². The van der Waals surface area contributed by atoms with Gasteiger partial charge in [0.2, 0.25) is 0 Å². The first-order chi connectivity index (χ1) is 9.45. The highest BCUT2D eigenvalue weighted by Gasteiger charge is 2.09. The standard InChI is InChI=1S/C9H8O4.C7H6/c1-5-2-6(8(10)11)4-7(3-5)9(12)13;1-2-6-4-7(3-1)5-6/h2-4H,1H3,(H,10,11)(H,12,13);1-4H,5H2. The number of fused-ring (bicyclic) bond motifs is 2. The van der Waals surface area contributed by atoms with Gasteiger partial charge >= 0.3 is 11.9 Å². The molecule has 0 aliphatic heterocycles. The molecule has 0 saturated carbocycles. The van der Waals surface area contributed by atoms with E-state index < -0.39 is 11.9 Å². The number of aromatic carboxylic acids is 2. The third-order valence-corrected chi connectivity index (χ3v) is 2.97. The average molecular weight is 270 g/mol. The zero-order chi connectivity index (χ0) is 14.7. The fraction of sp³-hybridized carbons (Fsp3) is 0.125. The van der Waals surface area contributed by atoms with Crippen LogP contribution in [0.4, 0.5) is 0 Å². The fourth-order valence-corrected chi connectivity index (χ4v) is 1.98. The van der Waals surface area contributed by atoms with Gasteiger partial charge in [-0.05, 0) is 48.2 Å². The van der Waals surface area contributed by atoms with E-state index in [4.69, 9.17) is 10.2 Å². The lowest BCUT2D eigenvalue weighted by Gasteiger charge is -2.11. The monoisotopic (exact) mass is 270 g/mol. The van der Waals surface area contributed by atoms with Gasteiger partial charge in [-0.2, -0.15) is 0 Å². The van der Waals surface area contributed by atoms with Gasteiger partial charge in [-0.3, -0.25) is 0 Å². The van der Waals surface area contributed by atoms with E-state index in [9.17, 15) is 9.59 Å². The number of carbonyl (C=O) groups is 2. The van der Waals surface area contributed by atoms with Gasteiger partial charge in [-0.15, -0.1) is 0 Å². The van der Waals surface area contributed by atoms with Gasteiger partial charge in [0.25, 0.3) is 0 Å². The molecule has 0 fully saturated rings. The molecule has 0 radical (unpaired) electrons. The minimum atomic E-state index is -1.12. The molecule has 0 amide bonds. The van der Waals surface area contributed by atoms with Crippen molar-refractivity contribution in [3.63, 3.8) is 0 Å². The van der Waals surface area contributed by atoms with Crippen LogP contribution in [0.3, 0.4) is 0 Å². The summed E-state index contributed by atoms with van der Waals surface area (Å²) in [5.74, 6) is -2.24. The summed E-state index contributed by atoms with van der Waals surface area (Å²) in [5.41, 5.74) is 3.59. The first kappa shape index (κ1) is 13.8. The Hall–Kier alpha value is -2.62. The van der Waals surface area contributed by atoms with Gasteiger partial charge < -0.3 is 10.2 Å². The number of carboxylic acids is 2. The van der Waals surface area contributed by atoms with Gasteiger partial charge in [-0.1, -0.05) is 24.3 Å². The molecule has 0 atom stereocenters. The summed E-state index contributed by atoms with van der Waals surface area (Å²) >= 11 is 0. The number of hydrogen-bond acceptors (Lipinski definition) is 2. The first-order valence-corrected chi connectivity index (χ1v) is 6.12. The Labute approximate surface area is 116 Å². The molecule has 2 aliphatic rings. The molecule has 4 rings (SSSR count). The number of carboxylic acid groups (broad SMARTS) is 2. The largest absolute Gasteiger partial charge is 0.478 e. The Kier molecular flexibility index (Phi) is 3.84. The van der Waals surface area contributed by atoms with Gasteiger partial charge in [0, 0.05) is 0 Å². The maximum atomic E-state index is 10.5. The SMILES string of the molecule is Cc1cc(C(=O)O)cc(C(=O)O)c1.c1cc2cc(c1)C2. The van der Waals surface area contributed by atoms with Crippen LogP contribution in [0.1, 0.15) is 37.4 Å². The number of rotatable bonds is 2. The van der Waals surface area contributed by atoms with Crippen molar-refractivity contribution in [2.45, 2.75) is 13.3 Å². The summed E-state index contributed by atoms with van der Waals surface area (Å²) in [4.78, 5) is 21.1. The molecule has 2 aromatic rings. The van der Waals surface area contributed by atoms with Crippen molar-refractivity contribution in [2.24, 2.45) is 0 Å². The molecular weight excluding hydrogens is 256 g/mol. The van der Waals surface area contributed by atoms with Crippen molar-refractivity contribution >= 4 is 11.9 Å². The molecule has 2 N–H and O–H groups in total. The van der Waals surface area contributed by atoms with Crippen LogP contribution in [0.2, 0.25) is 0 Å². The van der Waals surface area contributed by atoms with Crippen LogP contribution < -0.4 is 0 Å². The molecule has 0 aromatic heterocycles.